The lowest BCUT2D eigenvalue weighted by Crippen LogP contribution is -2.28. The first kappa shape index (κ1) is 16.4. The SMILES string of the molecule is CNc1cc(C)c(S(=O)(=O)NCC(C)C)cc1[N+](=O)[O-]. The predicted molar refractivity (Wildman–Crippen MR) is 77.4 cm³/mol. The summed E-state index contributed by atoms with van der Waals surface area (Å²) in [6.07, 6.45) is 0. The van der Waals surface area contributed by atoms with Crippen molar-refractivity contribution in [2.24, 2.45) is 5.92 Å². The van der Waals surface area contributed by atoms with E-state index >= 15 is 0 Å². The number of hydrogen-bond acceptors (Lipinski definition) is 5. The van der Waals surface area contributed by atoms with Crippen LogP contribution in [0.3, 0.4) is 0 Å². The van der Waals surface area contributed by atoms with Crippen LogP contribution < -0.4 is 10.0 Å². The highest BCUT2D eigenvalue weighted by atomic mass is 32.2. The van der Waals surface area contributed by atoms with Gasteiger partial charge in [-0.3, -0.25) is 10.1 Å². The quantitative estimate of drug-likeness (QED) is 0.617. The van der Waals surface area contributed by atoms with Gasteiger partial charge in [-0.1, -0.05) is 13.8 Å². The molecular formula is C12H19N3O4S. The summed E-state index contributed by atoms with van der Waals surface area (Å²) in [5.41, 5.74) is 0.481. The summed E-state index contributed by atoms with van der Waals surface area (Å²) in [5.74, 6) is 0.150. The number of nitro benzene ring substituents is 1. The fourth-order valence-electron chi connectivity index (χ4n) is 1.67. The van der Waals surface area contributed by atoms with Gasteiger partial charge in [-0.05, 0) is 24.5 Å². The molecule has 0 aromatic heterocycles. The van der Waals surface area contributed by atoms with Crippen molar-refractivity contribution in [3.05, 3.63) is 27.8 Å². The van der Waals surface area contributed by atoms with E-state index in [0.717, 1.165) is 6.07 Å². The third kappa shape index (κ3) is 3.67. The normalized spacial score (nSPS) is 11.7. The first-order valence-electron chi connectivity index (χ1n) is 6.15. The van der Waals surface area contributed by atoms with Crippen molar-refractivity contribution in [3.8, 4) is 0 Å². The monoisotopic (exact) mass is 301 g/mol. The molecule has 1 aromatic rings. The molecule has 20 heavy (non-hydrogen) atoms. The largest absolute Gasteiger partial charge is 0.383 e. The van der Waals surface area contributed by atoms with E-state index in [-0.39, 0.29) is 28.7 Å². The summed E-state index contributed by atoms with van der Waals surface area (Å²) in [6, 6.07) is 2.55. The summed E-state index contributed by atoms with van der Waals surface area (Å²) in [4.78, 5) is 10.3. The number of nitro groups is 1. The van der Waals surface area contributed by atoms with E-state index in [2.05, 4.69) is 10.0 Å². The molecule has 1 rings (SSSR count). The zero-order valence-electron chi connectivity index (χ0n) is 11.9. The molecule has 0 spiro atoms. The molecule has 8 heteroatoms. The van der Waals surface area contributed by atoms with Crippen molar-refractivity contribution >= 4 is 21.4 Å². The second kappa shape index (κ2) is 6.19. The zero-order chi connectivity index (χ0) is 15.5. The van der Waals surface area contributed by atoms with Crippen molar-refractivity contribution in [3.63, 3.8) is 0 Å². The third-order valence-corrected chi connectivity index (χ3v) is 4.30. The van der Waals surface area contributed by atoms with Gasteiger partial charge in [0.25, 0.3) is 5.69 Å². The van der Waals surface area contributed by atoms with Gasteiger partial charge in [-0.25, -0.2) is 13.1 Å². The minimum atomic E-state index is -3.75. The molecule has 0 aliphatic heterocycles. The van der Waals surface area contributed by atoms with Crippen LogP contribution in [0, 0.1) is 23.0 Å². The fourth-order valence-corrected chi connectivity index (χ4v) is 3.13. The topological polar surface area (TPSA) is 101 Å². The molecule has 0 saturated carbocycles. The number of hydrogen-bond donors (Lipinski definition) is 2. The van der Waals surface area contributed by atoms with Crippen LogP contribution in [0.5, 0.6) is 0 Å². The van der Waals surface area contributed by atoms with E-state index in [1.807, 2.05) is 13.8 Å². The molecule has 0 fully saturated rings. The van der Waals surface area contributed by atoms with Crippen molar-refractivity contribution in [1.29, 1.82) is 0 Å². The molecule has 112 valence electrons. The van der Waals surface area contributed by atoms with Crippen LogP contribution in [0.1, 0.15) is 19.4 Å². The first-order valence-corrected chi connectivity index (χ1v) is 7.63. The van der Waals surface area contributed by atoms with E-state index in [1.165, 1.54) is 6.07 Å². The van der Waals surface area contributed by atoms with Gasteiger partial charge in [0, 0.05) is 19.7 Å². The van der Waals surface area contributed by atoms with Crippen molar-refractivity contribution < 1.29 is 13.3 Å². The molecule has 0 bridgehead atoms. The van der Waals surface area contributed by atoms with Crippen LogP contribution in [0.4, 0.5) is 11.4 Å². The maximum atomic E-state index is 12.2. The summed E-state index contributed by atoms with van der Waals surface area (Å²) in [7, 11) is -2.20. The van der Waals surface area contributed by atoms with Crippen molar-refractivity contribution in [1.82, 2.24) is 4.72 Å². The Labute approximate surface area is 118 Å². The lowest BCUT2D eigenvalue weighted by atomic mass is 10.2. The summed E-state index contributed by atoms with van der Waals surface area (Å²) in [5, 5.41) is 13.7. The number of sulfonamides is 1. The Morgan fingerprint density at radius 3 is 2.40 bits per heavy atom. The number of anilines is 1. The Balaban J connectivity index is 3.31. The molecule has 0 unspecified atom stereocenters. The average Bonchev–Trinajstić information content (AvgIpc) is 2.35. The molecule has 1 aromatic carbocycles. The van der Waals surface area contributed by atoms with Gasteiger partial charge in [0.1, 0.15) is 5.69 Å². The van der Waals surface area contributed by atoms with Crippen molar-refractivity contribution in [2.75, 3.05) is 18.9 Å². The number of rotatable bonds is 6. The fraction of sp³-hybridized carbons (Fsp3) is 0.500. The first-order chi connectivity index (χ1) is 9.19. The summed E-state index contributed by atoms with van der Waals surface area (Å²) >= 11 is 0. The minimum absolute atomic E-state index is 0.0659. The van der Waals surface area contributed by atoms with Crippen LogP contribution in [-0.2, 0) is 10.0 Å². The smallest absolute Gasteiger partial charge is 0.293 e. The summed E-state index contributed by atoms with van der Waals surface area (Å²) in [6.45, 7) is 5.64. The van der Waals surface area contributed by atoms with Gasteiger partial charge >= 0.3 is 0 Å². The maximum Gasteiger partial charge on any atom is 0.293 e. The van der Waals surface area contributed by atoms with Gasteiger partial charge in [0.15, 0.2) is 0 Å². The molecule has 0 aliphatic rings. The molecule has 0 saturated heterocycles. The van der Waals surface area contributed by atoms with Gasteiger partial charge in [-0.15, -0.1) is 0 Å². The molecule has 0 radical (unpaired) electrons. The van der Waals surface area contributed by atoms with Gasteiger partial charge in [-0.2, -0.15) is 0 Å². The van der Waals surface area contributed by atoms with Gasteiger partial charge < -0.3 is 5.32 Å². The Bertz CT molecular complexity index is 611. The zero-order valence-corrected chi connectivity index (χ0v) is 12.7. The molecular weight excluding hydrogens is 282 g/mol. The van der Waals surface area contributed by atoms with Crippen LogP contribution in [0.25, 0.3) is 0 Å². The number of aryl methyl sites for hydroxylation is 1. The highest BCUT2D eigenvalue weighted by Gasteiger charge is 2.23. The average molecular weight is 301 g/mol. The van der Waals surface area contributed by atoms with Gasteiger partial charge in [0.2, 0.25) is 10.0 Å². The van der Waals surface area contributed by atoms with Crippen LogP contribution in [0.2, 0.25) is 0 Å². The lowest BCUT2D eigenvalue weighted by molar-refractivity contribution is -0.384. The van der Waals surface area contributed by atoms with E-state index in [0.29, 0.717) is 5.56 Å². The van der Waals surface area contributed by atoms with Crippen LogP contribution in [-0.4, -0.2) is 26.9 Å². The Kier molecular flexibility index (Phi) is 5.07. The molecule has 0 atom stereocenters. The van der Waals surface area contributed by atoms with Crippen LogP contribution >= 0.6 is 0 Å². The minimum Gasteiger partial charge on any atom is -0.383 e. The van der Waals surface area contributed by atoms with Gasteiger partial charge in [0.05, 0.1) is 9.82 Å². The van der Waals surface area contributed by atoms with Crippen molar-refractivity contribution in [2.45, 2.75) is 25.7 Å². The predicted octanol–water partition coefficient (Wildman–Crippen LogP) is 1.88. The second-order valence-electron chi connectivity index (χ2n) is 4.89. The van der Waals surface area contributed by atoms with E-state index in [1.54, 1.807) is 14.0 Å². The highest BCUT2D eigenvalue weighted by molar-refractivity contribution is 7.89. The Morgan fingerprint density at radius 1 is 1.35 bits per heavy atom. The molecule has 0 aliphatic carbocycles. The Hall–Kier alpha value is -1.67. The lowest BCUT2D eigenvalue weighted by Gasteiger charge is -2.12. The third-order valence-electron chi connectivity index (χ3n) is 2.73. The maximum absolute atomic E-state index is 12.2. The number of nitrogens with one attached hydrogen (secondary N) is 2. The molecule has 0 amide bonds. The number of nitrogens with zero attached hydrogens (tertiary/aromatic N) is 1. The molecule has 7 nitrogen and oxygen atoms in total. The number of benzene rings is 1. The van der Waals surface area contributed by atoms with E-state index in [9.17, 15) is 18.5 Å². The van der Waals surface area contributed by atoms with E-state index in [4.69, 9.17) is 0 Å². The Morgan fingerprint density at radius 2 is 1.95 bits per heavy atom. The standard InChI is InChI=1S/C12H19N3O4S/c1-8(2)7-14-20(18,19)12-6-11(15(16)17)10(13-4)5-9(12)3/h5-6,8,13-14H,7H2,1-4H3. The van der Waals surface area contributed by atoms with E-state index < -0.39 is 14.9 Å². The molecule has 0 heterocycles. The highest BCUT2D eigenvalue weighted by Crippen LogP contribution is 2.30. The summed E-state index contributed by atoms with van der Waals surface area (Å²) < 4.78 is 26.8. The second-order valence-corrected chi connectivity index (χ2v) is 6.62. The molecule has 2 N–H and O–H groups in total. The van der Waals surface area contributed by atoms with Crippen LogP contribution in [0.15, 0.2) is 17.0 Å².